The highest BCUT2D eigenvalue weighted by Crippen LogP contribution is 2.51. The molecule has 0 aromatic heterocycles. The first-order chi connectivity index (χ1) is 7.85. The second-order valence-electron chi connectivity index (χ2n) is 5.89. The number of carboxylic acids is 1. The van der Waals surface area contributed by atoms with Gasteiger partial charge in [-0.25, -0.2) is 0 Å². The fourth-order valence-electron chi connectivity index (χ4n) is 2.44. The topological polar surface area (TPSA) is 75.6 Å². The number of nitrogens with one attached hydrogen (secondary N) is 1. The Labute approximate surface area is 101 Å². The molecule has 5 nitrogen and oxygen atoms in total. The number of amides is 1. The maximum atomic E-state index is 12.0. The molecular weight excluding hydrogens is 222 g/mol. The number of hydrogen-bond donors (Lipinski definition) is 2. The van der Waals surface area contributed by atoms with Crippen LogP contribution in [0.1, 0.15) is 33.1 Å². The first-order valence-corrected chi connectivity index (χ1v) is 5.96. The number of aliphatic carboxylic acids is 1. The molecule has 5 heteroatoms. The summed E-state index contributed by atoms with van der Waals surface area (Å²) in [6.07, 6.45) is 1.40. The van der Waals surface area contributed by atoms with Gasteiger partial charge in [-0.15, -0.1) is 0 Å². The van der Waals surface area contributed by atoms with E-state index < -0.39 is 11.5 Å². The third-order valence-electron chi connectivity index (χ3n) is 3.81. The average Bonchev–Trinajstić information content (AvgIpc) is 2.62. The van der Waals surface area contributed by atoms with Crippen LogP contribution in [0.15, 0.2) is 0 Å². The van der Waals surface area contributed by atoms with E-state index in [4.69, 9.17) is 9.84 Å². The van der Waals surface area contributed by atoms with Gasteiger partial charge in [-0.05, 0) is 18.3 Å². The molecule has 1 saturated carbocycles. The maximum absolute atomic E-state index is 12.0. The van der Waals surface area contributed by atoms with Gasteiger partial charge in [0.2, 0.25) is 5.91 Å². The predicted octanol–water partition coefficient (Wildman–Crippen LogP) is 0.782. The number of hydrogen-bond acceptors (Lipinski definition) is 3. The van der Waals surface area contributed by atoms with Crippen LogP contribution < -0.4 is 5.32 Å². The summed E-state index contributed by atoms with van der Waals surface area (Å²) in [6, 6.07) is 0. The third kappa shape index (κ3) is 2.60. The van der Waals surface area contributed by atoms with Crippen molar-refractivity contribution in [3.05, 3.63) is 0 Å². The van der Waals surface area contributed by atoms with Crippen molar-refractivity contribution in [2.45, 2.75) is 38.6 Å². The fraction of sp³-hybridized carbons (Fsp3) is 0.833. The molecule has 0 aromatic carbocycles. The van der Waals surface area contributed by atoms with Crippen LogP contribution in [0.5, 0.6) is 0 Å². The molecule has 1 amide bonds. The van der Waals surface area contributed by atoms with Crippen molar-refractivity contribution >= 4 is 11.9 Å². The smallest absolute Gasteiger partial charge is 0.305 e. The molecule has 0 radical (unpaired) electrons. The molecule has 2 rings (SSSR count). The molecule has 1 aliphatic carbocycles. The van der Waals surface area contributed by atoms with E-state index in [0.29, 0.717) is 19.6 Å². The number of carboxylic acid groups (broad SMARTS) is 1. The van der Waals surface area contributed by atoms with Gasteiger partial charge in [0, 0.05) is 12.5 Å². The first-order valence-electron chi connectivity index (χ1n) is 5.96. The zero-order chi connectivity index (χ0) is 12.7. The van der Waals surface area contributed by atoms with Gasteiger partial charge in [0.15, 0.2) is 0 Å². The molecule has 1 aliphatic heterocycles. The zero-order valence-corrected chi connectivity index (χ0v) is 10.3. The highest BCUT2D eigenvalue weighted by molar-refractivity contribution is 5.84. The summed E-state index contributed by atoms with van der Waals surface area (Å²) in [5.41, 5.74) is -0.629. The summed E-state index contributed by atoms with van der Waals surface area (Å²) in [5, 5.41) is 11.8. The van der Waals surface area contributed by atoms with Crippen molar-refractivity contribution in [1.29, 1.82) is 0 Å². The minimum Gasteiger partial charge on any atom is -0.481 e. The largest absolute Gasteiger partial charge is 0.481 e. The lowest BCUT2D eigenvalue weighted by atomic mass is 9.93. The molecule has 96 valence electrons. The standard InChI is InChI=1S/C12H19NO4/c1-11(2)5-8(11)10(16)13-12(6-9(14)15)3-4-17-7-12/h8H,3-7H2,1-2H3,(H,13,16)(H,14,15)/t8-,12?/m1/s1. The van der Waals surface area contributed by atoms with Crippen molar-refractivity contribution in [2.24, 2.45) is 11.3 Å². The molecule has 2 N–H and O–H groups in total. The molecule has 0 spiro atoms. The van der Waals surface area contributed by atoms with Gasteiger partial charge < -0.3 is 15.2 Å². The lowest BCUT2D eigenvalue weighted by Crippen LogP contribution is -2.51. The molecule has 1 saturated heterocycles. The lowest BCUT2D eigenvalue weighted by Gasteiger charge is -2.27. The number of ether oxygens (including phenoxy) is 1. The van der Waals surface area contributed by atoms with E-state index in [1.165, 1.54) is 0 Å². The van der Waals surface area contributed by atoms with Gasteiger partial charge in [0.05, 0.1) is 18.6 Å². The zero-order valence-electron chi connectivity index (χ0n) is 10.3. The molecule has 0 bridgehead atoms. The summed E-state index contributed by atoms with van der Waals surface area (Å²) >= 11 is 0. The normalized spacial score (nSPS) is 34.4. The van der Waals surface area contributed by atoms with E-state index >= 15 is 0 Å². The van der Waals surface area contributed by atoms with E-state index in [-0.39, 0.29) is 23.7 Å². The Balaban J connectivity index is 1.98. The van der Waals surface area contributed by atoms with Gasteiger partial charge in [0.25, 0.3) is 0 Å². The lowest BCUT2D eigenvalue weighted by molar-refractivity contribution is -0.139. The molecule has 0 aromatic rings. The average molecular weight is 241 g/mol. The van der Waals surface area contributed by atoms with Crippen LogP contribution in [-0.2, 0) is 14.3 Å². The predicted molar refractivity (Wildman–Crippen MR) is 60.5 cm³/mol. The molecule has 2 atom stereocenters. The summed E-state index contributed by atoms with van der Waals surface area (Å²) in [5.74, 6) is -0.902. The highest BCUT2D eigenvalue weighted by Gasteiger charge is 2.52. The van der Waals surface area contributed by atoms with Gasteiger partial charge in [-0.2, -0.15) is 0 Å². The number of rotatable bonds is 4. The van der Waals surface area contributed by atoms with E-state index in [0.717, 1.165) is 6.42 Å². The fourth-order valence-corrected chi connectivity index (χ4v) is 2.44. The van der Waals surface area contributed by atoms with Crippen molar-refractivity contribution < 1.29 is 19.4 Å². The van der Waals surface area contributed by atoms with Crippen LogP contribution in [0.25, 0.3) is 0 Å². The molecule has 2 aliphatic rings. The summed E-state index contributed by atoms with van der Waals surface area (Å²) in [6.45, 7) is 4.92. The SMILES string of the molecule is CC1(C)C[C@@H]1C(=O)NC1(CC(=O)O)CCOC1. The monoisotopic (exact) mass is 241 g/mol. The van der Waals surface area contributed by atoms with Crippen molar-refractivity contribution in [1.82, 2.24) is 5.32 Å². The Morgan fingerprint density at radius 2 is 2.12 bits per heavy atom. The quantitative estimate of drug-likeness (QED) is 0.762. The van der Waals surface area contributed by atoms with Crippen molar-refractivity contribution in [2.75, 3.05) is 13.2 Å². The molecular formula is C12H19NO4. The van der Waals surface area contributed by atoms with Gasteiger partial charge in [0.1, 0.15) is 0 Å². The molecule has 2 fully saturated rings. The Morgan fingerprint density at radius 1 is 1.47 bits per heavy atom. The minimum atomic E-state index is -0.897. The van der Waals surface area contributed by atoms with E-state index in [9.17, 15) is 9.59 Å². The van der Waals surface area contributed by atoms with Crippen LogP contribution in [0.3, 0.4) is 0 Å². The van der Waals surface area contributed by atoms with Crippen LogP contribution >= 0.6 is 0 Å². The van der Waals surface area contributed by atoms with Gasteiger partial charge >= 0.3 is 5.97 Å². The Hall–Kier alpha value is -1.10. The minimum absolute atomic E-state index is 0.0220. The number of carbonyl (C=O) groups excluding carboxylic acids is 1. The van der Waals surface area contributed by atoms with Crippen molar-refractivity contribution in [3.63, 3.8) is 0 Å². The van der Waals surface area contributed by atoms with Crippen LogP contribution in [0.4, 0.5) is 0 Å². The summed E-state index contributed by atoms with van der Waals surface area (Å²) < 4.78 is 5.24. The Bertz CT molecular complexity index is 344. The second-order valence-corrected chi connectivity index (χ2v) is 5.89. The third-order valence-corrected chi connectivity index (χ3v) is 3.81. The maximum Gasteiger partial charge on any atom is 0.305 e. The second kappa shape index (κ2) is 3.98. The van der Waals surface area contributed by atoms with Crippen LogP contribution in [0, 0.1) is 11.3 Å². The number of carbonyl (C=O) groups is 2. The highest BCUT2D eigenvalue weighted by atomic mass is 16.5. The first kappa shape index (κ1) is 12.4. The molecule has 17 heavy (non-hydrogen) atoms. The van der Waals surface area contributed by atoms with E-state index in [1.807, 2.05) is 13.8 Å². The summed E-state index contributed by atoms with van der Waals surface area (Å²) in [7, 11) is 0. The Kier molecular flexibility index (Phi) is 2.89. The molecule has 1 heterocycles. The van der Waals surface area contributed by atoms with E-state index in [2.05, 4.69) is 5.32 Å². The van der Waals surface area contributed by atoms with Crippen LogP contribution in [0.2, 0.25) is 0 Å². The summed E-state index contributed by atoms with van der Waals surface area (Å²) in [4.78, 5) is 22.9. The van der Waals surface area contributed by atoms with Crippen molar-refractivity contribution in [3.8, 4) is 0 Å². The van der Waals surface area contributed by atoms with Gasteiger partial charge in [-0.3, -0.25) is 9.59 Å². The Morgan fingerprint density at radius 3 is 2.53 bits per heavy atom. The van der Waals surface area contributed by atoms with Crippen LogP contribution in [-0.4, -0.2) is 35.7 Å². The molecule has 1 unspecified atom stereocenters. The van der Waals surface area contributed by atoms with E-state index in [1.54, 1.807) is 0 Å². The van der Waals surface area contributed by atoms with Gasteiger partial charge in [-0.1, -0.05) is 13.8 Å².